The second-order valence-corrected chi connectivity index (χ2v) is 9.09. The van der Waals surface area contributed by atoms with Crippen LogP contribution in [0.15, 0.2) is 72.9 Å². The van der Waals surface area contributed by atoms with Crippen LogP contribution in [-0.2, 0) is 13.6 Å². The minimum atomic E-state index is -4.08. The topological polar surface area (TPSA) is 65.0 Å². The minimum Gasteiger partial charge on any atom is -0.508 e. The van der Waals surface area contributed by atoms with Crippen molar-refractivity contribution in [2.24, 2.45) is 11.8 Å². The molecule has 0 bridgehead atoms. The zero-order valence-corrected chi connectivity index (χ0v) is 17.5. The highest BCUT2D eigenvalue weighted by Crippen LogP contribution is 2.58. The van der Waals surface area contributed by atoms with E-state index >= 15 is 0 Å². The molecule has 5 nitrogen and oxygen atoms in total. The molecule has 0 saturated carbocycles. The highest BCUT2D eigenvalue weighted by molar-refractivity contribution is 7.49. The molecule has 0 aliphatic heterocycles. The van der Waals surface area contributed by atoms with Gasteiger partial charge in [-0.25, -0.2) is 4.57 Å². The van der Waals surface area contributed by atoms with E-state index in [2.05, 4.69) is 0 Å². The van der Waals surface area contributed by atoms with Gasteiger partial charge in [0.25, 0.3) is 0 Å². The van der Waals surface area contributed by atoms with Crippen LogP contribution in [0.5, 0.6) is 11.5 Å². The number of rotatable bonds is 6. The van der Waals surface area contributed by atoms with Crippen LogP contribution in [0.2, 0.25) is 0 Å². The summed E-state index contributed by atoms with van der Waals surface area (Å²) in [5.74, 6) is 0.147. The molecule has 0 heterocycles. The summed E-state index contributed by atoms with van der Waals surface area (Å²) in [6, 6.07) is 6.10. The number of allylic oxidation sites excluding steroid dienone is 4. The molecule has 6 heteroatoms. The number of benzene rings is 1. The van der Waals surface area contributed by atoms with Crippen LogP contribution in [-0.4, -0.2) is 16.3 Å². The number of aromatic hydroxyl groups is 1. The van der Waals surface area contributed by atoms with E-state index in [1.54, 1.807) is 12.1 Å². The molecule has 150 valence electrons. The Hall–Kier alpha value is -2.07. The Morgan fingerprint density at radius 1 is 0.929 bits per heavy atom. The molecule has 0 fully saturated rings. The molecule has 0 saturated heterocycles. The number of phosphoric ester groups is 1. The number of phenols is 1. The Balaban J connectivity index is 1.94. The van der Waals surface area contributed by atoms with Gasteiger partial charge in [-0.2, -0.15) is 0 Å². The Morgan fingerprint density at radius 2 is 1.46 bits per heavy atom. The van der Waals surface area contributed by atoms with Crippen molar-refractivity contribution < 1.29 is 23.2 Å². The van der Waals surface area contributed by atoms with E-state index in [-0.39, 0.29) is 23.3 Å². The van der Waals surface area contributed by atoms with E-state index in [1.807, 2.05) is 76.3 Å². The van der Waals surface area contributed by atoms with Crippen molar-refractivity contribution in [2.75, 3.05) is 0 Å². The summed E-state index contributed by atoms with van der Waals surface area (Å²) in [5.41, 5.74) is -1.73. The van der Waals surface area contributed by atoms with E-state index in [0.29, 0.717) is 0 Å². The lowest BCUT2D eigenvalue weighted by molar-refractivity contribution is 0.00313. The van der Waals surface area contributed by atoms with Crippen LogP contribution in [0, 0.1) is 11.8 Å². The van der Waals surface area contributed by atoms with Gasteiger partial charge in [0.15, 0.2) is 0 Å². The van der Waals surface area contributed by atoms with E-state index < -0.39 is 19.0 Å². The van der Waals surface area contributed by atoms with Gasteiger partial charge in [0.1, 0.15) is 22.7 Å². The molecule has 4 unspecified atom stereocenters. The molecule has 0 spiro atoms. The molecular weight excluding hydrogens is 375 g/mol. The van der Waals surface area contributed by atoms with Gasteiger partial charge < -0.3 is 9.63 Å². The number of phosphoric acid groups is 1. The van der Waals surface area contributed by atoms with Gasteiger partial charge in [-0.1, -0.05) is 68.5 Å². The number of hydrogen-bond acceptors (Lipinski definition) is 5. The van der Waals surface area contributed by atoms with Crippen molar-refractivity contribution in [1.82, 2.24) is 0 Å². The van der Waals surface area contributed by atoms with Crippen LogP contribution in [0.4, 0.5) is 0 Å². The predicted octanol–water partition coefficient (Wildman–Crippen LogP) is 5.95. The van der Waals surface area contributed by atoms with E-state index in [9.17, 15) is 9.67 Å². The lowest BCUT2D eigenvalue weighted by atomic mass is 9.87. The zero-order chi connectivity index (χ0) is 20.4. The predicted molar refractivity (Wildman–Crippen MR) is 110 cm³/mol. The highest BCUT2D eigenvalue weighted by atomic mass is 31.2. The van der Waals surface area contributed by atoms with Crippen molar-refractivity contribution in [1.29, 1.82) is 0 Å². The van der Waals surface area contributed by atoms with Crippen LogP contribution in [0.3, 0.4) is 0 Å². The van der Waals surface area contributed by atoms with Crippen LogP contribution in [0.1, 0.15) is 27.7 Å². The average molecular weight is 402 g/mol. The van der Waals surface area contributed by atoms with Crippen molar-refractivity contribution in [2.45, 2.75) is 38.9 Å². The summed E-state index contributed by atoms with van der Waals surface area (Å²) in [6.45, 7) is 7.66. The molecular formula is C22H27O5P. The van der Waals surface area contributed by atoms with Gasteiger partial charge >= 0.3 is 7.82 Å². The summed E-state index contributed by atoms with van der Waals surface area (Å²) in [6.07, 6.45) is 15.2. The van der Waals surface area contributed by atoms with Crippen molar-refractivity contribution in [3.8, 4) is 11.5 Å². The van der Waals surface area contributed by atoms with Gasteiger partial charge in [0, 0.05) is 17.9 Å². The second kappa shape index (κ2) is 7.75. The van der Waals surface area contributed by atoms with Gasteiger partial charge in [0.2, 0.25) is 0 Å². The molecule has 2 aliphatic rings. The summed E-state index contributed by atoms with van der Waals surface area (Å²) < 4.78 is 31.8. The summed E-state index contributed by atoms with van der Waals surface area (Å²) in [7, 11) is -4.08. The van der Waals surface area contributed by atoms with Gasteiger partial charge in [0.05, 0.1) is 0 Å². The van der Waals surface area contributed by atoms with E-state index in [4.69, 9.17) is 13.6 Å². The molecule has 2 aliphatic carbocycles. The van der Waals surface area contributed by atoms with Gasteiger partial charge in [-0.3, -0.25) is 9.05 Å². The van der Waals surface area contributed by atoms with Crippen molar-refractivity contribution >= 4 is 7.82 Å². The Bertz CT molecular complexity index is 841. The second-order valence-electron chi connectivity index (χ2n) is 7.65. The molecule has 1 N–H and O–H groups in total. The van der Waals surface area contributed by atoms with Crippen molar-refractivity contribution in [3.63, 3.8) is 0 Å². The molecule has 3 rings (SSSR count). The fourth-order valence-electron chi connectivity index (χ4n) is 3.07. The van der Waals surface area contributed by atoms with Crippen molar-refractivity contribution in [3.05, 3.63) is 72.9 Å². The summed E-state index contributed by atoms with van der Waals surface area (Å²) in [4.78, 5) is 0. The largest absolute Gasteiger partial charge is 0.531 e. The van der Waals surface area contributed by atoms with Gasteiger partial charge in [-0.05, 0) is 26.0 Å². The highest BCUT2D eigenvalue weighted by Gasteiger charge is 2.46. The number of phenolic OH excluding ortho intramolecular Hbond substituents is 1. The fraction of sp³-hybridized carbons (Fsp3) is 0.364. The standard InChI is InChI=1S/C22H27O5P/c1-17-10-5-7-14-21(17,3)26-28(24,25-20-13-9-12-19(23)16-20)27-22(4)15-8-6-11-18(22)2/h5-18,23H,1-4H3. The first-order valence-corrected chi connectivity index (χ1v) is 10.8. The molecule has 4 atom stereocenters. The third-order valence-corrected chi connectivity index (χ3v) is 7.00. The first-order chi connectivity index (χ1) is 13.1. The van der Waals surface area contributed by atoms with Crippen LogP contribution in [0.25, 0.3) is 0 Å². The molecule has 0 radical (unpaired) electrons. The lowest BCUT2D eigenvalue weighted by Gasteiger charge is -2.39. The Labute approximate surface area is 166 Å². The third kappa shape index (κ3) is 4.49. The third-order valence-electron chi connectivity index (χ3n) is 5.34. The van der Waals surface area contributed by atoms with Gasteiger partial charge in [-0.15, -0.1) is 0 Å². The van der Waals surface area contributed by atoms with Crippen LogP contribution >= 0.6 is 7.82 Å². The summed E-state index contributed by atoms with van der Waals surface area (Å²) in [5, 5.41) is 9.75. The minimum absolute atomic E-state index is 0.00389. The first kappa shape index (κ1) is 20.7. The maximum Gasteiger partial charge on any atom is 0.531 e. The quantitative estimate of drug-likeness (QED) is 0.595. The fourth-order valence-corrected chi connectivity index (χ4v) is 4.98. The average Bonchev–Trinajstić information content (AvgIpc) is 2.60. The Morgan fingerprint density at radius 3 is 1.93 bits per heavy atom. The molecule has 28 heavy (non-hydrogen) atoms. The normalized spacial score (nSPS) is 33.6. The first-order valence-electron chi connectivity index (χ1n) is 9.36. The Kier molecular flexibility index (Phi) is 5.72. The SMILES string of the molecule is CC1C=CC=CC1(C)OP(=O)(Oc1cccc(O)c1)OC1(C)C=CC=CC1C. The zero-order valence-electron chi connectivity index (χ0n) is 16.6. The monoisotopic (exact) mass is 402 g/mol. The van der Waals surface area contributed by atoms with E-state index in [1.165, 1.54) is 12.1 Å². The number of hydrogen-bond donors (Lipinski definition) is 1. The summed E-state index contributed by atoms with van der Waals surface area (Å²) >= 11 is 0. The molecule has 1 aromatic carbocycles. The lowest BCUT2D eigenvalue weighted by Crippen LogP contribution is -2.38. The molecule has 0 aromatic heterocycles. The van der Waals surface area contributed by atoms with Crippen LogP contribution < -0.4 is 4.52 Å². The van der Waals surface area contributed by atoms with E-state index in [0.717, 1.165) is 0 Å². The smallest absolute Gasteiger partial charge is 0.508 e. The maximum atomic E-state index is 13.9. The molecule has 0 amide bonds. The molecule has 1 aromatic rings. The maximum absolute atomic E-state index is 13.9.